The smallest absolute Gasteiger partial charge is 0.0806 e. The summed E-state index contributed by atoms with van der Waals surface area (Å²) < 4.78 is 2.50. The summed E-state index contributed by atoms with van der Waals surface area (Å²) >= 11 is 0. The van der Waals surface area contributed by atoms with Crippen LogP contribution in [0.1, 0.15) is 33.6 Å². The van der Waals surface area contributed by atoms with Gasteiger partial charge in [-0.3, -0.25) is 4.90 Å². The van der Waals surface area contributed by atoms with Crippen LogP contribution < -0.4 is 0 Å². The third-order valence-corrected chi connectivity index (χ3v) is 5.06. The van der Waals surface area contributed by atoms with Gasteiger partial charge in [0.05, 0.1) is 22.1 Å². The number of hydrogen-bond acceptors (Lipinski definition) is 3. The van der Waals surface area contributed by atoms with E-state index >= 15 is 0 Å². The van der Waals surface area contributed by atoms with Gasteiger partial charge >= 0.3 is 0 Å². The van der Waals surface area contributed by atoms with Crippen molar-refractivity contribution in [2.24, 2.45) is 0 Å². The fraction of sp³-hybridized carbons (Fsp3) is 0.900. The Hall–Kier alpha value is -0.373. The second-order valence-corrected chi connectivity index (χ2v) is 5.73. The number of rotatable bonds is 2. The maximum Gasteiger partial charge on any atom is 0.0806 e. The average molecular weight is 211 g/mol. The molecule has 1 atom stereocenters. The summed E-state index contributed by atoms with van der Waals surface area (Å²) in [5.41, 5.74) is 0.154. The summed E-state index contributed by atoms with van der Waals surface area (Å²) in [6, 6.07) is 2.85. The molecule has 1 fully saturated rings. The topological polar surface area (TPSA) is 30.3 Å². The van der Waals surface area contributed by atoms with E-state index < -0.39 is 0 Å². The van der Waals surface area contributed by atoms with Crippen LogP contribution in [0, 0.1) is 11.3 Å². The Bertz CT molecular complexity index is 234. The van der Waals surface area contributed by atoms with Crippen LogP contribution in [0.4, 0.5) is 0 Å². The molecule has 14 heavy (non-hydrogen) atoms. The summed E-state index contributed by atoms with van der Waals surface area (Å²) in [6.07, 6.45) is 1.88. The molecule has 1 saturated heterocycles. The largest absolute Gasteiger partial charge is 0.316 e. The highest BCUT2D eigenvalue weighted by molar-refractivity contribution is 6.04. The zero-order valence-electron chi connectivity index (χ0n) is 9.75. The number of hydrogen-bond donors (Lipinski definition) is 0. The van der Waals surface area contributed by atoms with Crippen molar-refractivity contribution < 1.29 is 0 Å². The van der Waals surface area contributed by atoms with Crippen LogP contribution in [0.5, 0.6) is 0 Å². The van der Waals surface area contributed by atoms with Gasteiger partial charge < -0.3 is 4.57 Å². The van der Waals surface area contributed by atoms with Crippen LogP contribution in [0.25, 0.3) is 0 Å². The van der Waals surface area contributed by atoms with Crippen molar-refractivity contribution in [1.82, 2.24) is 9.47 Å². The van der Waals surface area contributed by atoms with Crippen LogP contribution >= 0.6 is 0 Å². The van der Waals surface area contributed by atoms with E-state index in [1.165, 1.54) is 13.0 Å². The molecule has 1 aliphatic rings. The van der Waals surface area contributed by atoms with Crippen LogP contribution in [0.3, 0.4) is 0 Å². The minimum atomic E-state index is 0.154. The molecular weight excluding hydrogens is 190 g/mol. The van der Waals surface area contributed by atoms with E-state index in [1.807, 2.05) is 0 Å². The van der Waals surface area contributed by atoms with Crippen molar-refractivity contribution in [3.05, 3.63) is 0 Å². The third kappa shape index (κ3) is 2.16. The second kappa shape index (κ2) is 4.43. The van der Waals surface area contributed by atoms with E-state index in [9.17, 15) is 0 Å². The molecule has 0 aromatic heterocycles. The monoisotopic (exact) mass is 211 g/mol. The quantitative estimate of drug-likeness (QED) is 0.616. The molecular formula is C10H21N3Si. The van der Waals surface area contributed by atoms with Crippen LogP contribution in [-0.4, -0.2) is 44.7 Å². The summed E-state index contributed by atoms with van der Waals surface area (Å²) in [7, 11) is 1.11. The van der Waals surface area contributed by atoms with Gasteiger partial charge in [0.25, 0.3) is 0 Å². The lowest BCUT2D eigenvalue weighted by Crippen LogP contribution is -2.63. The van der Waals surface area contributed by atoms with Crippen LogP contribution in [0.15, 0.2) is 0 Å². The number of nitrogens with zero attached hydrogens (tertiary/aromatic N) is 3. The third-order valence-electron chi connectivity index (χ3n) is 3.52. The van der Waals surface area contributed by atoms with Crippen molar-refractivity contribution in [1.29, 1.82) is 5.26 Å². The van der Waals surface area contributed by atoms with Gasteiger partial charge in [-0.05, 0) is 33.7 Å². The Balaban J connectivity index is 2.70. The van der Waals surface area contributed by atoms with Crippen molar-refractivity contribution in [2.75, 3.05) is 13.1 Å². The van der Waals surface area contributed by atoms with Gasteiger partial charge in [-0.15, -0.1) is 0 Å². The van der Waals surface area contributed by atoms with Crippen molar-refractivity contribution in [2.45, 2.75) is 45.3 Å². The van der Waals surface area contributed by atoms with Gasteiger partial charge in [0, 0.05) is 19.0 Å². The van der Waals surface area contributed by atoms with Crippen LogP contribution in [0.2, 0.25) is 0 Å². The summed E-state index contributed by atoms with van der Waals surface area (Å²) in [5.74, 6) is 0. The van der Waals surface area contributed by atoms with Gasteiger partial charge in [-0.1, -0.05) is 0 Å². The lowest BCUT2D eigenvalue weighted by Gasteiger charge is -2.52. The molecule has 1 unspecified atom stereocenters. The Morgan fingerprint density at radius 1 is 1.57 bits per heavy atom. The van der Waals surface area contributed by atoms with Gasteiger partial charge in [0.15, 0.2) is 0 Å². The molecule has 0 aromatic carbocycles. The highest BCUT2D eigenvalue weighted by Crippen LogP contribution is 2.27. The molecule has 1 rings (SSSR count). The van der Waals surface area contributed by atoms with E-state index in [-0.39, 0.29) is 5.66 Å². The molecule has 0 aliphatic carbocycles. The van der Waals surface area contributed by atoms with Crippen molar-refractivity contribution in [3.63, 3.8) is 0 Å². The van der Waals surface area contributed by atoms with Gasteiger partial charge in [0.2, 0.25) is 0 Å². The number of nitriles is 1. The summed E-state index contributed by atoms with van der Waals surface area (Å²) in [6.45, 7) is 8.93. The fourth-order valence-corrected chi connectivity index (χ4v) is 2.75. The van der Waals surface area contributed by atoms with E-state index in [2.05, 4.69) is 36.3 Å². The molecule has 0 aromatic rings. The van der Waals surface area contributed by atoms with Gasteiger partial charge in [-0.25, -0.2) is 0 Å². The summed E-state index contributed by atoms with van der Waals surface area (Å²) in [4.78, 5) is 2.46. The Morgan fingerprint density at radius 3 is 2.79 bits per heavy atom. The van der Waals surface area contributed by atoms with Gasteiger partial charge in [0.1, 0.15) is 0 Å². The SMILES string of the molecule is CC1CCN([SiH3])C(C)(C)N1CCC#N. The molecule has 0 saturated carbocycles. The molecule has 1 aliphatic heterocycles. The molecule has 0 radical (unpaired) electrons. The lowest BCUT2D eigenvalue weighted by atomic mass is 10.0. The Labute approximate surface area is 90.2 Å². The first-order valence-electron chi connectivity index (χ1n) is 5.35. The second-order valence-electron chi connectivity index (χ2n) is 4.66. The molecule has 80 valence electrons. The lowest BCUT2D eigenvalue weighted by molar-refractivity contribution is -0.0442. The van der Waals surface area contributed by atoms with E-state index in [1.54, 1.807) is 0 Å². The predicted octanol–water partition coefficient (Wildman–Crippen LogP) is 0.313. The fourth-order valence-electron chi connectivity index (χ4n) is 2.23. The molecule has 0 bridgehead atoms. The zero-order valence-corrected chi connectivity index (χ0v) is 11.7. The minimum absolute atomic E-state index is 0.154. The first-order valence-corrected chi connectivity index (χ1v) is 6.24. The highest BCUT2D eigenvalue weighted by Gasteiger charge is 2.37. The molecule has 0 amide bonds. The van der Waals surface area contributed by atoms with Crippen LogP contribution in [-0.2, 0) is 0 Å². The van der Waals surface area contributed by atoms with E-state index in [4.69, 9.17) is 5.26 Å². The van der Waals surface area contributed by atoms with Crippen molar-refractivity contribution in [3.8, 4) is 6.07 Å². The highest BCUT2D eigenvalue weighted by atomic mass is 28.2. The van der Waals surface area contributed by atoms with E-state index in [0.717, 1.165) is 16.9 Å². The maximum absolute atomic E-state index is 8.64. The van der Waals surface area contributed by atoms with E-state index in [0.29, 0.717) is 12.5 Å². The first kappa shape index (κ1) is 11.7. The zero-order chi connectivity index (χ0) is 10.8. The molecule has 3 nitrogen and oxygen atoms in total. The summed E-state index contributed by atoms with van der Waals surface area (Å²) in [5, 5.41) is 8.64. The minimum Gasteiger partial charge on any atom is -0.316 e. The predicted molar refractivity (Wildman–Crippen MR) is 61.7 cm³/mol. The van der Waals surface area contributed by atoms with Crippen molar-refractivity contribution >= 4 is 10.4 Å². The Kier molecular flexibility index (Phi) is 3.70. The molecule has 0 N–H and O–H groups in total. The molecule has 0 spiro atoms. The molecule has 1 heterocycles. The average Bonchev–Trinajstić information content (AvgIpc) is 2.12. The normalized spacial score (nSPS) is 28.9. The Morgan fingerprint density at radius 2 is 2.21 bits per heavy atom. The standard InChI is InChI=1S/C10H21N3Si/c1-9-5-8-13(14)10(2,3)12(9)7-4-6-11/h9H,4-5,7-8H2,1-3,14H3. The maximum atomic E-state index is 8.64. The first-order chi connectivity index (χ1) is 6.50. The van der Waals surface area contributed by atoms with Gasteiger partial charge in [-0.2, -0.15) is 5.26 Å². The molecule has 4 heteroatoms.